The number of aryl methyl sites for hydroxylation is 2. The van der Waals surface area contributed by atoms with E-state index in [1.54, 1.807) is 0 Å². The quantitative estimate of drug-likeness (QED) is 0.779. The van der Waals surface area contributed by atoms with E-state index in [1.165, 1.54) is 0 Å². The van der Waals surface area contributed by atoms with Gasteiger partial charge in [0, 0.05) is 10.2 Å². The number of primary amides is 1. The van der Waals surface area contributed by atoms with E-state index in [2.05, 4.69) is 21.2 Å². The van der Waals surface area contributed by atoms with Gasteiger partial charge in [0.25, 0.3) is 0 Å². The Hall–Kier alpha value is -1.40. The first kappa shape index (κ1) is 14.7. The van der Waals surface area contributed by atoms with Gasteiger partial charge in [-0.15, -0.1) is 0 Å². The summed E-state index contributed by atoms with van der Waals surface area (Å²) < 4.78 is 0.942. The highest BCUT2D eigenvalue weighted by Crippen LogP contribution is 2.25. The first-order chi connectivity index (χ1) is 8.31. The molecular formula is C12H16BrN3O2. The summed E-state index contributed by atoms with van der Waals surface area (Å²) in [5, 5.41) is 2.72. The molecule has 0 aromatic heterocycles. The molecule has 0 aliphatic rings. The van der Waals surface area contributed by atoms with Crippen molar-refractivity contribution >= 4 is 33.4 Å². The van der Waals surface area contributed by atoms with Crippen LogP contribution in [0.5, 0.6) is 0 Å². The first-order valence-corrected chi connectivity index (χ1v) is 6.22. The molecule has 2 amide bonds. The van der Waals surface area contributed by atoms with Crippen LogP contribution in [0.1, 0.15) is 17.5 Å². The minimum atomic E-state index is -0.926. The minimum absolute atomic E-state index is 0.166. The molecule has 0 saturated heterocycles. The smallest absolute Gasteiger partial charge is 0.241 e. The lowest BCUT2D eigenvalue weighted by Gasteiger charge is -2.15. The molecule has 0 radical (unpaired) electrons. The van der Waals surface area contributed by atoms with E-state index < -0.39 is 17.9 Å². The monoisotopic (exact) mass is 313 g/mol. The third kappa shape index (κ3) is 3.82. The molecule has 1 aromatic carbocycles. The molecule has 5 N–H and O–H groups in total. The van der Waals surface area contributed by atoms with Crippen molar-refractivity contribution in [3.63, 3.8) is 0 Å². The second kappa shape index (κ2) is 5.97. The Morgan fingerprint density at radius 1 is 1.33 bits per heavy atom. The van der Waals surface area contributed by atoms with Gasteiger partial charge in [-0.05, 0) is 37.1 Å². The number of hydrogen-bond acceptors (Lipinski definition) is 3. The van der Waals surface area contributed by atoms with Gasteiger partial charge >= 0.3 is 0 Å². The van der Waals surface area contributed by atoms with E-state index in [-0.39, 0.29) is 6.42 Å². The number of carbonyl (C=O) groups excluding carboxylic acids is 2. The van der Waals surface area contributed by atoms with Gasteiger partial charge in [-0.3, -0.25) is 9.59 Å². The maximum atomic E-state index is 11.8. The highest BCUT2D eigenvalue weighted by Gasteiger charge is 2.17. The van der Waals surface area contributed by atoms with Gasteiger partial charge in [0.05, 0.1) is 12.5 Å². The summed E-state index contributed by atoms with van der Waals surface area (Å²) in [5.74, 6) is -1.01. The number of amides is 2. The first-order valence-electron chi connectivity index (χ1n) is 5.42. The van der Waals surface area contributed by atoms with Crippen molar-refractivity contribution in [2.45, 2.75) is 26.3 Å². The Kier molecular flexibility index (Phi) is 4.86. The normalized spacial score (nSPS) is 12.0. The van der Waals surface area contributed by atoms with Gasteiger partial charge in [-0.2, -0.15) is 0 Å². The zero-order chi connectivity index (χ0) is 13.9. The molecule has 1 aromatic rings. The van der Waals surface area contributed by atoms with E-state index in [0.29, 0.717) is 5.69 Å². The Labute approximate surface area is 114 Å². The van der Waals surface area contributed by atoms with Gasteiger partial charge in [0.2, 0.25) is 11.8 Å². The van der Waals surface area contributed by atoms with Crippen molar-refractivity contribution in [3.8, 4) is 0 Å². The van der Waals surface area contributed by atoms with Crippen LogP contribution in [0, 0.1) is 13.8 Å². The van der Waals surface area contributed by atoms with Crippen LogP contribution in [0.4, 0.5) is 5.69 Å². The van der Waals surface area contributed by atoms with Gasteiger partial charge < -0.3 is 16.8 Å². The van der Waals surface area contributed by atoms with Crippen LogP contribution in [0.3, 0.4) is 0 Å². The Balaban J connectivity index is 2.85. The van der Waals surface area contributed by atoms with Crippen LogP contribution in [0.2, 0.25) is 0 Å². The lowest BCUT2D eigenvalue weighted by molar-refractivity contribution is -0.123. The van der Waals surface area contributed by atoms with Gasteiger partial charge in [-0.1, -0.05) is 15.9 Å². The standard InChI is InChI=1S/C12H16BrN3O2/c1-6-3-8(13)4-7(2)11(6)16-12(18)9(14)5-10(15)17/h3-4,9H,5,14H2,1-2H3,(H2,15,17)(H,16,18). The topological polar surface area (TPSA) is 98.2 Å². The molecule has 1 unspecified atom stereocenters. The Morgan fingerprint density at radius 2 is 1.83 bits per heavy atom. The SMILES string of the molecule is Cc1cc(Br)cc(C)c1NC(=O)C(N)CC(N)=O. The molecule has 18 heavy (non-hydrogen) atoms. The maximum Gasteiger partial charge on any atom is 0.241 e. The minimum Gasteiger partial charge on any atom is -0.370 e. The van der Waals surface area contributed by atoms with Crippen LogP contribution in [0.25, 0.3) is 0 Å². The Morgan fingerprint density at radius 3 is 2.28 bits per heavy atom. The van der Waals surface area contributed by atoms with E-state index in [0.717, 1.165) is 15.6 Å². The van der Waals surface area contributed by atoms with Crippen LogP contribution >= 0.6 is 15.9 Å². The van der Waals surface area contributed by atoms with E-state index in [9.17, 15) is 9.59 Å². The highest BCUT2D eigenvalue weighted by atomic mass is 79.9. The predicted octanol–water partition coefficient (Wildman–Crippen LogP) is 1.21. The fourth-order valence-corrected chi connectivity index (χ4v) is 2.32. The van der Waals surface area contributed by atoms with Crippen LogP contribution in [0.15, 0.2) is 16.6 Å². The molecule has 1 rings (SSSR count). The molecule has 6 heteroatoms. The molecule has 0 bridgehead atoms. The third-order valence-electron chi connectivity index (χ3n) is 2.50. The largest absolute Gasteiger partial charge is 0.370 e. The lowest BCUT2D eigenvalue weighted by Crippen LogP contribution is -2.39. The van der Waals surface area contributed by atoms with E-state index in [1.807, 2.05) is 26.0 Å². The van der Waals surface area contributed by atoms with Crippen molar-refractivity contribution in [2.75, 3.05) is 5.32 Å². The number of carbonyl (C=O) groups is 2. The van der Waals surface area contributed by atoms with Crippen molar-refractivity contribution in [1.82, 2.24) is 0 Å². The number of nitrogens with one attached hydrogen (secondary N) is 1. The predicted molar refractivity (Wildman–Crippen MR) is 74.0 cm³/mol. The summed E-state index contributed by atoms with van der Waals surface area (Å²) in [6.07, 6.45) is -0.166. The van der Waals surface area contributed by atoms with Crippen molar-refractivity contribution in [1.29, 1.82) is 0 Å². The highest BCUT2D eigenvalue weighted by molar-refractivity contribution is 9.10. The summed E-state index contributed by atoms with van der Waals surface area (Å²) >= 11 is 3.38. The number of benzene rings is 1. The van der Waals surface area contributed by atoms with Gasteiger partial charge in [-0.25, -0.2) is 0 Å². The second-order valence-electron chi connectivity index (χ2n) is 4.18. The molecule has 98 valence electrons. The molecule has 0 heterocycles. The van der Waals surface area contributed by atoms with Crippen LogP contribution in [-0.4, -0.2) is 17.9 Å². The van der Waals surface area contributed by atoms with Gasteiger partial charge in [0.1, 0.15) is 0 Å². The molecular weight excluding hydrogens is 298 g/mol. The number of halogens is 1. The lowest BCUT2D eigenvalue weighted by atomic mass is 10.1. The summed E-state index contributed by atoms with van der Waals surface area (Å²) in [5.41, 5.74) is 13.1. The molecule has 1 atom stereocenters. The summed E-state index contributed by atoms with van der Waals surface area (Å²) in [6.45, 7) is 3.76. The van der Waals surface area contributed by atoms with Crippen molar-refractivity contribution < 1.29 is 9.59 Å². The Bertz CT molecular complexity index is 465. The molecule has 0 aliphatic carbocycles. The maximum absolute atomic E-state index is 11.8. The number of nitrogens with two attached hydrogens (primary N) is 2. The number of anilines is 1. The number of rotatable bonds is 4. The van der Waals surface area contributed by atoms with E-state index in [4.69, 9.17) is 11.5 Å². The average molecular weight is 314 g/mol. The zero-order valence-corrected chi connectivity index (χ0v) is 11.9. The second-order valence-corrected chi connectivity index (χ2v) is 5.10. The molecule has 0 aliphatic heterocycles. The van der Waals surface area contributed by atoms with Crippen LogP contribution in [-0.2, 0) is 9.59 Å². The van der Waals surface area contributed by atoms with Gasteiger partial charge in [0.15, 0.2) is 0 Å². The molecule has 0 fully saturated rings. The third-order valence-corrected chi connectivity index (χ3v) is 2.96. The van der Waals surface area contributed by atoms with Crippen molar-refractivity contribution in [3.05, 3.63) is 27.7 Å². The molecule has 0 spiro atoms. The van der Waals surface area contributed by atoms with E-state index >= 15 is 0 Å². The molecule has 5 nitrogen and oxygen atoms in total. The summed E-state index contributed by atoms with van der Waals surface area (Å²) in [6, 6.07) is 2.86. The average Bonchev–Trinajstić information content (AvgIpc) is 2.21. The van der Waals surface area contributed by atoms with Crippen LogP contribution < -0.4 is 16.8 Å². The van der Waals surface area contributed by atoms with Crippen molar-refractivity contribution in [2.24, 2.45) is 11.5 Å². The number of hydrogen-bond donors (Lipinski definition) is 3. The summed E-state index contributed by atoms with van der Waals surface area (Å²) in [7, 11) is 0. The molecule has 0 saturated carbocycles. The zero-order valence-electron chi connectivity index (χ0n) is 10.3. The fraction of sp³-hybridized carbons (Fsp3) is 0.333. The summed E-state index contributed by atoms with van der Waals surface area (Å²) in [4.78, 5) is 22.5. The fourth-order valence-electron chi connectivity index (χ4n) is 1.63.